The van der Waals surface area contributed by atoms with Crippen molar-refractivity contribution in [2.24, 2.45) is 0 Å². The van der Waals surface area contributed by atoms with Crippen LogP contribution in [-0.4, -0.2) is 0 Å². The summed E-state index contributed by atoms with van der Waals surface area (Å²) in [5.41, 5.74) is 0. The SMILES string of the molecule is Sc1ccccc1[S+](c1cccs1)c1cccs1. The summed E-state index contributed by atoms with van der Waals surface area (Å²) in [6.07, 6.45) is 0. The molecule has 0 atom stereocenters. The maximum Gasteiger partial charge on any atom is 0.221 e. The Kier molecular flexibility index (Phi) is 3.80. The number of thiophene rings is 2. The van der Waals surface area contributed by atoms with E-state index in [2.05, 4.69) is 65.9 Å². The Balaban J connectivity index is 2.15. The lowest BCUT2D eigenvalue weighted by Gasteiger charge is -2.05. The first-order chi connectivity index (χ1) is 8.86. The third kappa shape index (κ3) is 2.38. The van der Waals surface area contributed by atoms with Crippen LogP contribution in [0.1, 0.15) is 0 Å². The fraction of sp³-hybridized carbons (Fsp3) is 0. The van der Waals surface area contributed by atoms with Gasteiger partial charge in [-0.1, -0.05) is 34.8 Å². The Morgan fingerprint density at radius 2 is 1.39 bits per heavy atom. The molecule has 0 N–H and O–H groups in total. The normalized spacial score (nSPS) is 11.0. The second-order valence-corrected chi connectivity index (χ2v) is 8.46. The summed E-state index contributed by atoms with van der Waals surface area (Å²) in [7, 11) is -0.00333. The van der Waals surface area contributed by atoms with Gasteiger partial charge in [-0.05, 0) is 35.0 Å². The summed E-state index contributed by atoms with van der Waals surface area (Å²) in [5.74, 6) is 0. The van der Waals surface area contributed by atoms with Gasteiger partial charge in [0.2, 0.25) is 8.42 Å². The van der Waals surface area contributed by atoms with Crippen LogP contribution < -0.4 is 0 Å². The number of hydrogen-bond acceptors (Lipinski definition) is 3. The van der Waals surface area contributed by atoms with E-state index >= 15 is 0 Å². The van der Waals surface area contributed by atoms with E-state index in [9.17, 15) is 0 Å². The van der Waals surface area contributed by atoms with Crippen molar-refractivity contribution >= 4 is 46.2 Å². The molecule has 0 amide bonds. The van der Waals surface area contributed by atoms with Crippen molar-refractivity contribution in [2.75, 3.05) is 0 Å². The van der Waals surface area contributed by atoms with Gasteiger partial charge in [-0.2, -0.15) is 0 Å². The molecule has 0 saturated heterocycles. The maximum absolute atomic E-state index is 4.62. The average molecular weight is 308 g/mol. The summed E-state index contributed by atoms with van der Waals surface area (Å²) in [6, 6.07) is 17.1. The highest BCUT2D eigenvalue weighted by Crippen LogP contribution is 2.38. The van der Waals surface area contributed by atoms with Gasteiger partial charge in [0.15, 0.2) is 4.90 Å². The van der Waals surface area contributed by atoms with Crippen LogP contribution >= 0.6 is 35.3 Å². The second kappa shape index (κ2) is 5.53. The zero-order chi connectivity index (χ0) is 12.4. The summed E-state index contributed by atoms with van der Waals surface area (Å²) in [4.78, 5) is 2.38. The Morgan fingerprint density at radius 3 is 1.89 bits per heavy atom. The minimum absolute atomic E-state index is 0.00333. The fourth-order valence-electron chi connectivity index (χ4n) is 1.70. The third-order valence-electron chi connectivity index (χ3n) is 2.48. The van der Waals surface area contributed by atoms with Crippen LogP contribution in [0.3, 0.4) is 0 Å². The molecule has 4 heteroatoms. The predicted octanol–water partition coefficient (Wildman–Crippen LogP) is 5.19. The van der Waals surface area contributed by atoms with E-state index in [1.165, 1.54) is 13.3 Å². The Labute approximate surface area is 123 Å². The first kappa shape index (κ1) is 12.4. The van der Waals surface area contributed by atoms with Crippen LogP contribution in [0.5, 0.6) is 0 Å². The monoisotopic (exact) mass is 307 g/mol. The molecule has 18 heavy (non-hydrogen) atoms. The Morgan fingerprint density at radius 1 is 0.778 bits per heavy atom. The quantitative estimate of drug-likeness (QED) is 0.499. The van der Waals surface area contributed by atoms with Crippen molar-refractivity contribution in [3.63, 3.8) is 0 Å². The lowest BCUT2D eigenvalue weighted by atomic mass is 10.4. The van der Waals surface area contributed by atoms with Crippen LogP contribution in [0.2, 0.25) is 0 Å². The molecule has 2 aromatic heterocycles. The number of benzene rings is 1. The van der Waals surface area contributed by atoms with E-state index in [0.717, 1.165) is 4.90 Å². The van der Waals surface area contributed by atoms with Gasteiger partial charge in [-0.15, -0.1) is 12.6 Å². The van der Waals surface area contributed by atoms with Crippen LogP contribution in [0.4, 0.5) is 0 Å². The van der Waals surface area contributed by atoms with Crippen molar-refractivity contribution in [1.29, 1.82) is 0 Å². The molecule has 3 rings (SSSR count). The molecule has 0 fully saturated rings. The lowest BCUT2D eigenvalue weighted by Crippen LogP contribution is -2.01. The molecule has 90 valence electrons. The van der Waals surface area contributed by atoms with E-state index in [-0.39, 0.29) is 10.9 Å². The molecule has 0 bridgehead atoms. The van der Waals surface area contributed by atoms with E-state index in [1.54, 1.807) is 0 Å². The summed E-state index contributed by atoms with van der Waals surface area (Å²) >= 11 is 8.25. The van der Waals surface area contributed by atoms with Gasteiger partial charge in [0, 0.05) is 12.1 Å². The zero-order valence-corrected chi connectivity index (χ0v) is 12.8. The molecule has 2 heterocycles. The maximum atomic E-state index is 4.62. The fourth-order valence-corrected chi connectivity index (χ4v) is 6.93. The number of hydrogen-bond donors (Lipinski definition) is 1. The molecule has 1 aromatic carbocycles. The van der Waals surface area contributed by atoms with Crippen molar-refractivity contribution in [3.8, 4) is 0 Å². The molecule has 0 aliphatic carbocycles. The Hall–Kier alpha value is -0.680. The standard InChI is InChI=1S/C14H10S4/c15-11-5-1-2-6-12(11)18(13-7-3-9-16-13)14-8-4-10-17-14/h1-10H/p+1. The van der Waals surface area contributed by atoms with Gasteiger partial charge in [0.05, 0.1) is 4.90 Å². The highest BCUT2D eigenvalue weighted by atomic mass is 32.2. The molecular weight excluding hydrogens is 296 g/mol. The topological polar surface area (TPSA) is 0 Å². The van der Waals surface area contributed by atoms with Crippen molar-refractivity contribution in [3.05, 3.63) is 59.3 Å². The van der Waals surface area contributed by atoms with Gasteiger partial charge >= 0.3 is 0 Å². The van der Waals surface area contributed by atoms with Crippen molar-refractivity contribution in [2.45, 2.75) is 18.2 Å². The molecular formula is C14H11S4+. The molecule has 0 unspecified atom stereocenters. The smallest absolute Gasteiger partial charge is 0.138 e. The van der Waals surface area contributed by atoms with E-state index in [0.29, 0.717) is 0 Å². The highest BCUT2D eigenvalue weighted by Gasteiger charge is 2.32. The minimum Gasteiger partial charge on any atom is -0.138 e. The van der Waals surface area contributed by atoms with Gasteiger partial charge in [0.1, 0.15) is 10.9 Å². The first-order valence-corrected chi connectivity index (χ1v) is 8.88. The van der Waals surface area contributed by atoms with E-state index in [1.807, 2.05) is 28.7 Å². The van der Waals surface area contributed by atoms with Gasteiger partial charge in [-0.3, -0.25) is 0 Å². The summed E-state index contributed by atoms with van der Waals surface area (Å²) < 4.78 is 2.80. The van der Waals surface area contributed by atoms with Crippen LogP contribution in [-0.2, 0) is 10.9 Å². The van der Waals surface area contributed by atoms with Crippen molar-refractivity contribution < 1.29 is 0 Å². The molecule has 0 saturated carbocycles. The molecule has 0 nitrogen and oxygen atoms in total. The second-order valence-electron chi connectivity index (χ2n) is 3.64. The summed E-state index contributed by atoms with van der Waals surface area (Å²) in [6.45, 7) is 0. The molecule has 0 radical (unpaired) electrons. The van der Waals surface area contributed by atoms with Gasteiger partial charge in [0.25, 0.3) is 0 Å². The van der Waals surface area contributed by atoms with Crippen LogP contribution in [0.25, 0.3) is 0 Å². The summed E-state index contributed by atoms with van der Waals surface area (Å²) in [5, 5.41) is 4.29. The highest BCUT2D eigenvalue weighted by molar-refractivity contribution is 8.00. The van der Waals surface area contributed by atoms with E-state index in [4.69, 9.17) is 0 Å². The van der Waals surface area contributed by atoms with E-state index < -0.39 is 0 Å². The number of thiol groups is 1. The minimum atomic E-state index is -0.00333. The zero-order valence-electron chi connectivity index (χ0n) is 9.45. The predicted molar refractivity (Wildman–Crippen MR) is 84.5 cm³/mol. The van der Waals surface area contributed by atoms with Crippen LogP contribution in [0.15, 0.2) is 77.5 Å². The third-order valence-corrected chi connectivity index (χ3v) is 7.79. The van der Waals surface area contributed by atoms with Crippen molar-refractivity contribution in [1.82, 2.24) is 0 Å². The molecule has 0 aliphatic heterocycles. The first-order valence-electron chi connectivity index (χ1n) is 5.45. The lowest BCUT2D eigenvalue weighted by molar-refractivity contribution is 1.24. The average Bonchev–Trinajstić information content (AvgIpc) is 3.05. The Bertz CT molecular complexity index is 577. The van der Waals surface area contributed by atoms with Crippen LogP contribution in [0, 0.1) is 0 Å². The molecule has 0 aliphatic rings. The van der Waals surface area contributed by atoms with Gasteiger partial charge in [-0.25, -0.2) is 0 Å². The number of rotatable bonds is 3. The molecule has 0 spiro atoms. The largest absolute Gasteiger partial charge is 0.221 e. The molecule has 3 aromatic rings. The van der Waals surface area contributed by atoms with Gasteiger partial charge < -0.3 is 0 Å².